The highest BCUT2D eigenvalue weighted by atomic mass is 19.2. The summed E-state index contributed by atoms with van der Waals surface area (Å²) in [6, 6.07) is 11.6. The molecule has 1 heterocycles. The van der Waals surface area contributed by atoms with Crippen molar-refractivity contribution in [3.05, 3.63) is 76.7 Å². The minimum atomic E-state index is -1.53. The number of aryl methyl sites for hydroxylation is 2. The number of anilines is 3. The van der Waals surface area contributed by atoms with Crippen molar-refractivity contribution in [2.24, 2.45) is 0 Å². The molecule has 0 aliphatic carbocycles. The molecule has 0 aliphatic heterocycles. The number of rotatable bonds is 5. The molecule has 0 saturated heterocycles. The van der Waals surface area contributed by atoms with E-state index in [1.807, 2.05) is 31.2 Å². The van der Waals surface area contributed by atoms with Crippen LogP contribution in [0, 0.1) is 31.3 Å². The zero-order chi connectivity index (χ0) is 18.7. The summed E-state index contributed by atoms with van der Waals surface area (Å²) in [7, 11) is 0. The lowest BCUT2D eigenvalue weighted by atomic mass is 10.1. The first-order chi connectivity index (χ1) is 12.4. The Kier molecular flexibility index (Phi) is 5.06. The first-order valence-electron chi connectivity index (χ1n) is 7.98. The van der Waals surface area contributed by atoms with E-state index in [2.05, 4.69) is 20.6 Å². The van der Waals surface area contributed by atoms with Crippen LogP contribution in [0.5, 0.6) is 0 Å². The first-order valence-corrected chi connectivity index (χ1v) is 7.98. The summed E-state index contributed by atoms with van der Waals surface area (Å²) in [5, 5.41) is 5.75. The van der Waals surface area contributed by atoms with Gasteiger partial charge in [0.05, 0.1) is 5.69 Å². The third kappa shape index (κ3) is 4.11. The van der Waals surface area contributed by atoms with Gasteiger partial charge in [-0.25, -0.2) is 18.2 Å². The quantitative estimate of drug-likeness (QED) is 0.639. The number of nitrogens with zero attached hydrogens (tertiary/aromatic N) is 2. The molecule has 3 aromatic rings. The average molecular weight is 358 g/mol. The third-order valence-electron chi connectivity index (χ3n) is 3.72. The second kappa shape index (κ2) is 7.43. The number of nitrogens with one attached hydrogen (secondary N) is 2. The summed E-state index contributed by atoms with van der Waals surface area (Å²) >= 11 is 0. The lowest BCUT2D eigenvalue weighted by molar-refractivity contribution is 0.449. The molecule has 0 aliphatic rings. The summed E-state index contributed by atoms with van der Waals surface area (Å²) in [4.78, 5) is 8.51. The summed E-state index contributed by atoms with van der Waals surface area (Å²) in [6.07, 6.45) is 0. The maximum Gasteiger partial charge on any atom is 0.225 e. The molecule has 0 bridgehead atoms. The van der Waals surface area contributed by atoms with E-state index in [0.29, 0.717) is 18.2 Å². The van der Waals surface area contributed by atoms with E-state index in [4.69, 9.17) is 0 Å². The topological polar surface area (TPSA) is 49.8 Å². The molecule has 1 aromatic heterocycles. The standard InChI is InChI=1S/C19H17F3N4/c1-11-3-5-13(6-4-11)10-23-19-24-12(2)9-16(26-19)25-15-8-7-14(20)17(21)18(15)22/h3-9H,10H2,1-2H3,(H2,23,24,25,26). The fraction of sp³-hybridized carbons (Fsp3) is 0.158. The molecule has 3 rings (SSSR count). The molecular formula is C19H17F3N4. The summed E-state index contributed by atoms with van der Waals surface area (Å²) in [5.41, 5.74) is 2.66. The number of hydrogen-bond acceptors (Lipinski definition) is 4. The van der Waals surface area contributed by atoms with Gasteiger partial charge in [0.25, 0.3) is 0 Å². The minimum absolute atomic E-state index is 0.202. The molecular weight excluding hydrogens is 341 g/mol. The van der Waals surface area contributed by atoms with Gasteiger partial charge in [-0.3, -0.25) is 0 Å². The predicted octanol–water partition coefficient (Wildman–Crippen LogP) is 4.87. The van der Waals surface area contributed by atoms with Gasteiger partial charge in [0.1, 0.15) is 5.82 Å². The van der Waals surface area contributed by atoms with Crippen molar-refractivity contribution in [3.63, 3.8) is 0 Å². The van der Waals surface area contributed by atoms with Gasteiger partial charge in [0.15, 0.2) is 17.5 Å². The number of hydrogen-bond donors (Lipinski definition) is 2. The molecule has 4 nitrogen and oxygen atoms in total. The Morgan fingerprint density at radius 3 is 2.35 bits per heavy atom. The number of benzene rings is 2. The van der Waals surface area contributed by atoms with E-state index >= 15 is 0 Å². The van der Waals surface area contributed by atoms with Gasteiger partial charge in [-0.05, 0) is 31.5 Å². The Hall–Kier alpha value is -3.09. The molecule has 2 aromatic carbocycles. The fourth-order valence-corrected chi connectivity index (χ4v) is 2.36. The molecule has 0 radical (unpaired) electrons. The summed E-state index contributed by atoms with van der Waals surface area (Å²) in [5.74, 6) is -3.45. The molecule has 7 heteroatoms. The van der Waals surface area contributed by atoms with Crippen molar-refractivity contribution < 1.29 is 13.2 Å². The van der Waals surface area contributed by atoms with Crippen molar-refractivity contribution in [2.75, 3.05) is 10.6 Å². The lowest BCUT2D eigenvalue weighted by Crippen LogP contribution is -2.07. The van der Waals surface area contributed by atoms with Crippen molar-refractivity contribution in [2.45, 2.75) is 20.4 Å². The summed E-state index contributed by atoms with van der Waals surface area (Å²) in [6.45, 7) is 4.28. The van der Waals surface area contributed by atoms with E-state index in [-0.39, 0.29) is 11.5 Å². The van der Waals surface area contributed by atoms with E-state index < -0.39 is 17.5 Å². The van der Waals surface area contributed by atoms with Gasteiger partial charge in [-0.1, -0.05) is 29.8 Å². The Morgan fingerprint density at radius 1 is 0.885 bits per heavy atom. The van der Waals surface area contributed by atoms with Crippen LogP contribution in [-0.2, 0) is 6.54 Å². The van der Waals surface area contributed by atoms with Gasteiger partial charge in [-0.2, -0.15) is 4.98 Å². The van der Waals surface area contributed by atoms with E-state index in [1.165, 1.54) is 5.56 Å². The monoisotopic (exact) mass is 358 g/mol. The Bertz CT molecular complexity index is 927. The molecule has 0 atom stereocenters. The SMILES string of the molecule is Cc1ccc(CNc2nc(C)cc(Nc3ccc(F)c(F)c3F)n2)cc1. The van der Waals surface area contributed by atoms with Crippen LogP contribution < -0.4 is 10.6 Å². The molecule has 26 heavy (non-hydrogen) atoms. The Balaban J connectivity index is 1.77. The minimum Gasteiger partial charge on any atom is -0.350 e. The maximum atomic E-state index is 13.8. The first kappa shape index (κ1) is 17.7. The molecule has 2 N–H and O–H groups in total. The maximum absolute atomic E-state index is 13.8. The number of halogens is 3. The van der Waals surface area contributed by atoms with Crippen LogP contribution >= 0.6 is 0 Å². The van der Waals surface area contributed by atoms with Crippen molar-refractivity contribution in [1.82, 2.24) is 9.97 Å². The fourth-order valence-electron chi connectivity index (χ4n) is 2.36. The van der Waals surface area contributed by atoms with E-state index in [1.54, 1.807) is 13.0 Å². The molecule has 134 valence electrons. The van der Waals surface area contributed by atoms with Crippen LogP contribution in [0.3, 0.4) is 0 Å². The second-order valence-electron chi connectivity index (χ2n) is 5.91. The molecule has 0 unspecified atom stereocenters. The van der Waals surface area contributed by atoms with Crippen LogP contribution in [0.25, 0.3) is 0 Å². The van der Waals surface area contributed by atoms with Crippen LogP contribution in [-0.4, -0.2) is 9.97 Å². The predicted molar refractivity (Wildman–Crippen MR) is 94.9 cm³/mol. The smallest absolute Gasteiger partial charge is 0.225 e. The van der Waals surface area contributed by atoms with Crippen LogP contribution in [0.1, 0.15) is 16.8 Å². The van der Waals surface area contributed by atoms with E-state index in [0.717, 1.165) is 17.7 Å². The highest BCUT2D eigenvalue weighted by Crippen LogP contribution is 2.23. The zero-order valence-electron chi connectivity index (χ0n) is 14.3. The second-order valence-corrected chi connectivity index (χ2v) is 5.91. The van der Waals surface area contributed by atoms with Gasteiger partial charge in [0, 0.05) is 18.3 Å². The van der Waals surface area contributed by atoms with Crippen LogP contribution in [0.2, 0.25) is 0 Å². The highest BCUT2D eigenvalue weighted by Gasteiger charge is 2.14. The van der Waals surface area contributed by atoms with Gasteiger partial charge < -0.3 is 10.6 Å². The normalized spacial score (nSPS) is 10.7. The Labute approximate surface area is 149 Å². The molecule has 0 spiro atoms. The van der Waals surface area contributed by atoms with Crippen LogP contribution in [0.4, 0.5) is 30.6 Å². The summed E-state index contributed by atoms with van der Waals surface area (Å²) < 4.78 is 40.2. The van der Waals surface area contributed by atoms with Crippen molar-refractivity contribution in [1.29, 1.82) is 0 Å². The van der Waals surface area contributed by atoms with Crippen molar-refractivity contribution in [3.8, 4) is 0 Å². The molecule has 0 saturated carbocycles. The van der Waals surface area contributed by atoms with Gasteiger partial charge >= 0.3 is 0 Å². The average Bonchev–Trinajstić information content (AvgIpc) is 2.61. The lowest BCUT2D eigenvalue weighted by Gasteiger charge is -2.11. The van der Waals surface area contributed by atoms with Gasteiger partial charge in [0.2, 0.25) is 5.95 Å². The highest BCUT2D eigenvalue weighted by molar-refractivity contribution is 5.58. The number of aromatic nitrogens is 2. The molecule has 0 fully saturated rings. The third-order valence-corrected chi connectivity index (χ3v) is 3.72. The Morgan fingerprint density at radius 2 is 1.62 bits per heavy atom. The van der Waals surface area contributed by atoms with Crippen LogP contribution in [0.15, 0.2) is 42.5 Å². The molecule has 0 amide bonds. The van der Waals surface area contributed by atoms with E-state index in [9.17, 15) is 13.2 Å². The van der Waals surface area contributed by atoms with Crippen molar-refractivity contribution >= 4 is 17.5 Å². The zero-order valence-corrected chi connectivity index (χ0v) is 14.3. The largest absolute Gasteiger partial charge is 0.350 e. The van der Waals surface area contributed by atoms with Gasteiger partial charge in [-0.15, -0.1) is 0 Å².